The number of aryl methyl sites for hydroxylation is 1. The molecule has 4 aromatic rings. The van der Waals surface area contributed by atoms with Gasteiger partial charge in [-0.2, -0.15) is 4.98 Å². The minimum atomic E-state index is -0.561. The molecule has 1 aromatic heterocycles. The number of nitrogens with zero attached hydrogens (tertiary/aromatic N) is 3. The molecule has 8 heteroatoms. The Kier molecular flexibility index (Phi) is 10.6. The highest BCUT2D eigenvalue weighted by Gasteiger charge is 2.14. The van der Waals surface area contributed by atoms with Gasteiger partial charge in [-0.3, -0.25) is 0 Å². The van der Waals surface area contributed by atoms with E-state index in [2.05, 4.69) is 40.4 Å². The number of aromatic nitrogens is 2. The number of likely N-dealkylation sites (tertiary alicyclic amines) is 1. The average Bonchev–Trinajstić information content (AvgIpc) is 3.02. The molecule has 1 aliphatic rings. The standard InChI is InChI=1S/C35H41N5O3/c1-26-11-9-14-31(27(26)2)32-25-33(43-35(41)36-20-19-28-12-5-3-6-13-28)39-34(38-32)37-29-15-17-30(18-16-29)42-24-10-23-40-21-7-4-8-22-40/h3,5-6,9,11-18,25H,4,7-8,10,19-24H2,1-2H3,(H,36,41)(H,37,38,39). The molecule has 5 rings (SSSR count). The normalized spacial score (nSPS) is 13.3. The summed E-state index contributed by atoms with van der Waals surface area (Å²) in [5.41, 5.74) is 5.82. The van der Waals surface area contributed by atoms with E-state index >= 15 is 0 Å². The van der Waals surface area contributed by atoms with Crippen LogP contribution in [0.2, 0.25) is 0 Å². The second kappa shape index (κ2) is 15.2. The summed E-state index contributed by atoms with van der Waals surface area (Å²) in [5.74, 6) is 1.32. The lowest BCUT2D eigenvalue weighted by Gasteiger charge is -2.26. The van der Waals surface area contributed by atoms with Gasteiger partial charge < -0.3 is 25.0 Å². The zero-order valence-corrected chi connectivity index (χ0v) is 25.1. The predicted octanol–water partition coefficient (Wildman–Crippen LogP) is 7.09. The largest absolute Gasteiger partial charge is 0.494 e. The number of anilines is 2. The molecule has 43 heavy (non-hydrogen) atoms. The van der Waals surface area contributed by atoms with Crippen molar-refractivity contribution in [2.45, 2.75) is 46.0 Å². The second-order valence-electron chi connectivity index (χ2n) is 11.0. The van der Waals surface area contributed by atoms with Crippen molar-refractivity contribution in [1.29, 1.82) is 0 Å². The van der Waals surface area contributed by atoms with Crippen LogP contribution in [0.3, 0.4) is 0 Å². The quantitative estimate of drug-likeness (QED) is 0.173. The molecule has 0 aliphatic carbocycles. The van der Waals surface area contributed by atoms with Gasteiger partial charge in [0.2, 0.25) is 11.8 Å². The number of hydrogen-bond acceptors (Lipinski definition) is 7. The van der Waals surface area contributed by atoms with Gasteiger partial charge in [-0.1, -0.05) is 55.0 Å². The van der Waals surface area contributed by atoms with Gasteiger partial charge in [0.15, 0.2) is 0 Å². The summed E-state index contributed by atoms with van der Waals surface area (Å²) in [6, 6.07) is 25.5. The van der Waals surface area contributed by atoms with Gasteiger partial charge in [0.25, 0.3) is 0 Å². The monoisotopic (exact) mass is 579 g/mol. The van der Waals surface area contributed by atoms with Crippen molar-refractivity contribution in [3.63, 3.8) is 0 Å². The Morgan fingerprint density at radius 1 is 0.907 bits per heavy atom. The first-order valence-electron chi connectivity index (χ1n) is 15.2. The predicted molar refractivity (Wildman–Crippen MR) is 171 cm³/mol. The summed E-state index contributed by atoms with van der Waals surface area (Å²) < 4.78 is 11.6. The van der Waals surface area contributed by atoms with Gasteiger partial charge in [0.1, 0.15) is 5.75 Å². The summed E-state index contributed by atoms with van der Waals surface area (Å²) in [7, 11) is 0. The van der Waals surface area contributed by atoms with Crippen LogP contribution in [0.15, 0.2) is 78.9 Å². The first kappa shape index (κ1) is 30.0. The fourth-order valence-corrected chi connectivity index (χ4v) is 5.21. The molecule has 2 heterocycles. The van der Waals surface area contributed by atoms with Crippen LogP contribution < -0.4 is 20.1 Å². The molecule has 0 atom stereocenters. The molecule has 1 aliphatic heterocycles. The Morgan fingerprint density at radius 3 is 2.49 bits per heavy atom. The van der Waals surface area contributed by atoms with Crippen LogP contribution in [-0.4, -0.2) is 53.7 Å². The van der Waals surface area contributed by atoms with Gasteiger partial charge in [0.05, 0.1) is 12.3 Å². The molecule has 224 valence electrons. The molecular weight excluding hydrogens is 538 g/mol. The summed E-state index contributed by atoms with van der Waals surface area (Å²) in [6.45, 7) is 8.77. The molecule has 1 fully saturated rings. The van der Waals surface area contributed by atoms with Crippen molar-refractivity contribution >= 4 is 17.7 Å². The zero-order chi connectivity index (χ0) is 29.9. The number of rotatable bonds is 12. The van der Waals surface area contributed by atoms with E-state index < -0.39 is 6.09 Å². The van der Waals surface area contributed by atoms with Gasteiger partial charge in [-0.05, 0) is 93.6 Å². The number of hydrogen-bond donors (Lipinski definition) is 2. The van der Waals surface area contributed by atoms with E-state index in [4.69, 9.17) is 14.5 Å². The van der Waals surface area contributed by atoms with E-state index in [1.807, 2.05) is 66.7 Å². The van der Waals surface area contributed by atoms with Gasteiger partial charge >= 0.3 is 6.09 Å². The SMILES string of the molecule is Cc1cccc(-c2cc(OC(=O)NCCc3ccccc3)nc(Nc3ccc(OCCCN4CCCCC4)cc3)n2)c1C. The minimum absolute atomic E-state index is 0.166. The Balaban J connectivity index is 1.23. The maximum Gasteiger partial charge on any atom is 0.413 e. The lowest BCUT2D eigenvalue weighted by Crippen LogP contribution is -2.31. The van der Waals surface area contributed by atoms with Crippen molar-refractivity contribution in [3.8, 4) is 22.9 Å². The summed E-state index contributed by atoms with van der Waals surface area (Å²) in [4.78, 5) is 24.4. The molecule has 1 amide bonds. The third-order valence-electron chi connectivity index (χ3n) is 7.75. The van der Waals surface area contributed by atoms with E-state index in [0.29, 0.717) is 31.2 Å². The third-order valence-corrected chi connectivity index (χ3v) is 7.75. The number of nitrogens with one attached hydrogen (secondary N) is 2. The highest BCUT2D eigenvalue weighted by Crippen LogP contribution is 2.28. The maximum absolute atomic E-state index is 12.6. The highest BCUT2D eigenvalue weighted by molar-refractivity contribution is 5.72. The number of carbonyl (C=O) groups is 1. The first-order valence-corrected chi connectivity index (χ1v) is 15.2. The van der Waals surface area contributed by atoms with Crippen molar-refractivity contribution in [1.82, 2.24) is 20.2 Å². The van der Waals surface area contributed by atoms with E-state index in [0.717, 1.165) is 46.7 Å². The van der Waals surface area contributed by atoms with Crippen LogP contribution in [0.4, 0.5) is 16.4 Å². The highest BCUT2D eigenvalue weighted by atomic mass is 16.6. The summed E-state index contributed by atoms with van der Waals surface area (Å²) in [6.07, 6.45) is 5.13. The summed E-state index contributed by atoms with van der Waals surface area (Å²) >= 11 is 0. The molecule has 3 aromatic carbocycles. The second-order valence-corrected chi connectivity index (χ2v) is 11.0. The van der Waals surface area contributed by atoms with E-state index in [-0.39, 0.29) is 5.88 Å². The maximum atomic E-state index is 12.6. The van der Waals surface area contributed by atoms with Crippen molar-refractivity contribution < 1.29 is 14.3 Å². The first-order chi connectivity index (χ1) is 21.0. The number of amides is 1. The molecule has 0 bridgehead atoms. The van der Waals surface area contributed by atoms with Crippen LogP contribution in [0, 0.1) is 13.8 Å². The Labute approximate surface area is 254 Å². The van der Waals surface area contributed by atoms with E-state index in [1.165, 1.54) is 32.4 Å². The van der Waals surface area contributed by atoms with E-state index in [1.54, 1.807) is 6.07 Å². The topological polar surface area (TPSA) is 88.6 Å². The van der Waals surface area contributed by atoms with Crippen molar-refractivity contribution in [3.05, 3.63) is 95.6 Å². The molecule has 0 spiro atoms. The average molecular weight is 580 g/mol. The smallest absolute Gasteiger partial charge is 0.413 e. The molecule has 0 unspecified atom stereocenters. The molecule has 8 nitrogen and oxygen atoms in total. The minimum Gasteiger partial charge on any atom is -0.494 e. The van der Waals surface area contributed by atoms with Crippen LogP contribution in [0.5, 0.6) is 11.6 Å². The summed E-state index contributed by atoms with van der Waals surface area (Å²) in [5, 5.41) is 6.08. The Bertz CT molecular complexity index is 1470. The number of piperidine rings is 1. The Hall–Kier alpha value is -4.43. The number of ether oxygens (including phenoxy) is 2. The number of carbonyl (C=O) groups excluding carboxylic acids is 1. The van der Waals surface area contributed by atoms with Crippen molar-refractivity contribution in [2.75, 3.05) is 38.1 Å². The van der Waals surface area contributed by atoms with Gasteiger partial charge in [-0.15, -0.1) is 0 Å². The fourth-order valence-electron chi connectivity index (χ4n) is 5.21. The fraction of sp³-hybridized carbons (Fsp3) is 0.343. The Morgan fingerprint density at radius 2 is 1.70 bits per heavy atom. The van der Waals surface area contributed by atoms with Crippen LogP contribution in [0.1, 0.15) is 42.4 Å². The molecule has 0 saturated carbocycles. The van der Waals surface area contributed by atoms with Gasteiger partial charge in [0, 0.05) is 30.4 Å². The number of benzene rings is 3. The van der Waals surface area contributed by atoms with Crippen LogP contribution in [0.25, 0.3) is 11.3 Å². The molecule has 2 N–H and O–H groups in total. The van der Waals surface area contributed by atoms with Gasteiger partial charge in [-0.25, -0.2) is 9.78 Å². The van der Waals surface area contributed by atoms with Crippen LogP contribution in [-0.2, 0) is 6.42 Å². The molecule has 0 radical (unpaired) electrons. The lowest BCUT2D eigenvalue weighted by molar-refractivity contribution is 0.199. The van der Waals surface area contributed by atoms with E-state index in [9.17, 15) is 4.79 Å². The van der Waals surface area contributed by atoms with Crippen LogP contribution >= 0.6 is 0 Å². The van der Waals surface area contributed by atoms with Crippen molar-refractivity contribution in [2.24, 2.45) is 0 Å². The molecular formula is C35H41N5O3. The third kappa shape index (κ3) is 9.03. The lowest BCUT2D eigenvalue weighted by atomic mass is 10.0. The molecule has 1 saturated heterocycles. The zero-order valence-electron chi connectivity index (χ0n) is 25.1.